The molecule has 0 atom stereocenters. The molecule has 1 N–H and O–H groups in total. The van der Waals surface area contributed by atoms with Crippen molar-refractivity contribution < 1.29 is 9.53 Å². The fraction of sp³-hybridized carbons (Fsp3) is 0.385. The van der Waals surface area contributed by atoms with Gasteiger partial charge >= 0.3 is 0 Å². The second kappa shape index (κ2) is 10.4. The van der Waals surface area contributed by atoms with Gasteiger partial charge in [-0.15, -0.1) is 0 Å². The molecule has 2 aromatic rings. The van der Waals surface area contributed by atoms with Gasteiger partial charge in [0.1, 0.15) is 10.8 Å². The minimum absolute atomic E-state index is 0.0812. The third kappa shape index (κ3) is 4.87. The van der Waals surface area contributed by atoms with Crippen molar-refractivity contribution in [3.8, 4) is 11.4 Å². The minimum Gasteiger partial charge on any atom is -0.497 e. The standard InChI is InChI=1S/C26H31N5O2S/c1-5-6-7-8-9-10-23-29-31-24(27)22(25(32)28-26(31)34-23)16-19-15-17(2)30(18(19)3)20-11-13-21(33-4)14-12-20/h11-16,27H,5-10H2,1-4H3. The summed E-state index contributed by atoms with van der Waals surface area (Å²) < 4.78 is 7.39. The molecule has 1 aromatic carbocycles. The Labute approximate surface area is 205 Å². The van der Waals surface area contributed by atoms with Gasteiger partial charge in [0.15, 0.2) is 5.84 Å². The lowest BCUT2D eigenvalue weighted by Gasteiger charge is -2.20. The predicted molar refractivity (Wildman–Crippen MR) is 140 cm³/mol. The number of nitrogens with zero attached hydrogens (tertiary/aromatic N) is 4. The summed E-state index contributed by atoms with van der Waals surface area (Å²) in [4.78, 5) is 17.1. The fourth-order valence-electron chi connectivity index (χ4n) is 4.23. The predicted octanol–water partition coefficient (Wildman–Crippen LogP) is 6.08. The summed E-state index contributed by atoms with van der Waals surface area (Å²) >= 11 is 1.41. The number of fused-ring (bicyclic) bond motifs is 1. The number of thioether (sulfide) groups is 1. The number of hydrogen-bond donors (Lipinski definition) is 1. The SMILES string of the molecule is CCCCCCCC1=NN2C(=N)C(=Cc3cc(C)n(-c4ccc(OC)cc4)c3C)C(=O)N=C2S1. The van der Waals surface area contributed by atoms with E-state index >= 15 is 0 Å². The maximum Gasteiger partial charge on any atom is 0.283 e. The Kier molecular flexibility index (Phi) is 7.36. The van der Waals surface area contributed by atoms with Crippen LogP contribution in [0.4, 0.5) is 0 Å². The van der Waals surface area contributed by atoms with E-state index in [1.807, 2.05) is 44.2 Å². The molecule has 0 aliphatic carbocycles. The number of rotatable bonds is 9. The number of benzene rings is 1. The topological polar surface area (TPSA) is 83.0 Å². The summed E-state index contributed by atoms with van der Waals surface area (Å²) in [6, 6.07) is 9.87. The largest absolute Gasteiger partial charge is 0.497 e. The number of aliphatic imine (C=N–C) groups is 1. The van der Waals surface area contributed by atoms with Gasteiger partial charge in [0.05, 0.1) is 12.7 Å². The van der Waals surface area contributed by atoms with Gasteiger partial charge in [0, 0.05) is 17.1 Å². The quantitative estimate of drug-likeness (QED) is 0.350. The summed E-state index contributed by atoms with van der Waals surface area (Å²) in [5.41, 5.74) is 4.17. The number of methoxy groups -OCH3 is 1. The maximum absolute atomic E-state index is 12.8. The summed E-state index contributed by atoms with van der Waals surface area (Å²) in [7, 11) is 1.65. The Morgan fingerprint density at radius 2 is 1.85 bits per heavy atom. The molecule has 178 valence electrons. The minimum atomic E-state index is -0.391. The van der Waals surface area contributed by atoms with E-state index < -0.39 is 5.91 Å². The zero-order valence-electron chi connectivity index (χ0n) is 20.2. The highest BCUT2D eigenvalue weighted by atomic mass is 32.2. The number of carbonyl (C=O) groups is 1. The van der Waals surface area contributed by atoms with E-state index in [-0.39, 0.29) is 11.4 Å². The summed E-state index contributed by atoms with van der Waals surface area (Å²) in [6.45, 7) is 6.24. The van der Waals surface area contributed by atoms with Crippen LogP contribution in [0.1, 0.15) is 62.4 Å². The highest BCUT2D eigenvalue weighted by Gasteiger charge is 2.35. The Bertz CT molecular complexity index is 1190. The van der Waals surface area contributed by atoms with E-state index in [1.165, 1.54) is 42.5 Å². The second-order valence-corrected chi connectivity index (χ2v) is 9.58. The molecule has 1 amide bonds. The number of amides is 1. The van der Waals surface area contributed by atoms with Crippen molar-refractivity contribution in [3.05, 3.63) is 52.9 Å². The van der Waals surface area contributed by atoms with E-state index in [2.05, 4.69) is 21.6 Å². The smallest absolute Gasteiger partial charge is 0.283 e. The highest BCUT2D eigenvalue weighted by Crippen LogP contribution is 2.31. The fourth-order valence-corrected chi connectivity index (χ4v) is 5.16. The lowest BCUT2D eigenvalue weighted by atomic mass is 10.1. The van der Waals surface area contributed by atoms with Crippen molar-refractivity contribution in [1.82, 2.24) is 9.58 Å². The van der Waals surface area contributed by atoms with Crippen LogP contribution in [0.15, 0.2) is 46.0 Å². The number of hydrazone groups is 1. The number of unbranched alkanes of at least 4 members (excludes halogenated alkanes) is 4. The molecule has 34 heavy (non-hydrogen) atoms. The first-order valence-electron chi connectivity index (χ1n) is 11.8. The molecule has 0 fully saturated rings. The van der Waals surface area contributed by atoms with E-state index in [0.29, 0.717) is 5.17 Å². The first-order chi connectivity index (χ1) is 16.4. The molecule has 0 saturated heterocycles. The van der Waals surface area contributed by atoms with Crippen molar-refractivity contribution in [2.75, 3.05) is 7.11 Å². The molecule has 1 aromatic heterocycles. The lowest BCUT2D eigenvalue weighted by molar-refractivity contribution is -0.114. The maximum atomic E-state index is 12.8. The summed E-state index contributed by atoms with van der Waals surface area (Å²) in [6.07, 6.45) is 8.56. The highest BCUT2D eigenvalue weighted by molar-refractivity contribution is 8.26. The molecule has 4 rings (SSSR count). The molecule has 0 bridgehead atoms. The van der Waals surface area contributed by atoms with Crippen LogP contribution >= 0.6 is 11.8 Å². The molecule has 0 unspecified atom stereocenters. The molecule has 3 heterocycles. The number of aromatic nitrogens is 1. The van der Waals surface area contributed by atoms with Crippen molar-refractivity contribution >= 4 is 39.8 Å². The number of carbonyl (C=O) groups excluding carboxylic acids is 1. The molecule has 0 saturated carbocycles. The third-order valence-electron chi connectivity index (χ3n) is 6.09. The van der Waals surface area contributed by atoms with Crippen LogP contribution in [-0.4, -0.2) is 38.6 Å². The van der Waals surface area contributed by atoms with Gasteiger partial charge in [-0.2, -0.15) is 15.1 Å². The molecule has 7 nitrogen and oxygen atoms in total. The zero-order valence-corrected chi connectivity index (χ0v) is 21.0. The Balaban J connectivity index is 1.55. The van der Waals surface area contributed by atoms with Crippen molar-refractivity contribution in [1.29, 1.82) is 5.41 Å². The van der Waals surface area contributed by atoms with Crippen LogP contribution in [0, 0.1) is 19.3 Å². The number of nitrogens with one attached hydrogen (secondary N) is 1. The van der Waals surface area contributed by atoms with Gasteiger partial charge in [0.25, 0.3) is 5.91 Å². The molecular formula is C26H31N5O2S. The number of amidine groups is 2. The number of ether oxygens (including phenoxy) is 1. The van der Waals surface area contributed by atoms with Crippen molar-refractivity contribution in [2.24, 2.45) is 10.1 Å². The van der Waals surface area contributed by atoms with Crippen molar-refractivity contribution in [3.63, 3.8) is 0 Å². The molecule has 0 radical (unpaired) electrons. The van der Waals surface area contributed by atoms with Gasteiger partial charge in [-0.3, -0.25) is 10.2 Å². The Morgan fingerprint density at radius 1 is 1.12 bits per heavy atom. The Morgan fingerprint density at radius 3 is 2.56 bits per heavy atom. The average molecular weight is 478 g/mol. The number of hydrogen-bond acceptors (Lipinski definition) is 5. The van der Waals surface area contributed by atoms with Crippen molar-refractivity contribution in [2.45, 2.75) is 59.3 Å². The summed E-state index contributed by atoms with van der Waals surface area (Å²) in [5.74, 6) is 0.489. The molecule has 0 spiro atoms. The average Bonchev–Trinajstić information content (AvgIpc) is 3.36. The molecule has 2 aliphatic rings. The van der Waals surface area contributed by atoms with E-state index in [4.69, 9.17) is 10.1 Å². The van der Waals surface area contributed by atoms with Crippen LogP contribution in [-0.2, 0) is 4.79 Å². The van der Waals surface area contributed by atoms with Crippen LogP contribution in [0.25, 0.3) is 11.8 Å². The normalized spacial score (nSPS) is 16.7. The van der Waals surface area contributed by atoms with Gasteiger partial charge < -0.3 is 9.30 Å². The molecular weight excluding hydrogens is 446 g/mol. The number of aryl methyl sites for hydroxylation is 1. The van der Waals surface area contributed by atoms with Crippen LogP contribution in [0.3, 0.4) is 0 Å². The van der Waals surface area contributed by atoms with Gasteiger partial charge in [-0.05, 0) is 80.4 Å². The van der Waals surface area contributed by atoms with E-state index in [0.717, 1.165) is 46.3 Å². The molecule has 8 heteroatoms. The van der Waals surface area contributed by atoms with Gasteiger partial charge in [0.2, 0.25) is 5.17 Å². The molecule has 2 aliphatic heterocycles. The third-order valence-corrected chi connectivity index (χ3v) is 7.06. The first kappa shape index (κ1) is 24.0. The van der Waals surface area contributed by atoms with Crippen LogP contribution in [0.2, 0.25) is 0 Å². The van der Waals surface area contributed by atoms with Gasteiger partial charge in [-0.25, -0.2) is 0 Å². The van der Waals surface area contributed by atoms with Gasteiger partial charge in [-0.1, -0.05) is 32.6 Å². The summed E-state index contributed by atoms with van der Waals surface area (Å²) in [5, 5.41) is 16.2. The van der Waals surface area contributed by atoms with Crippen LogP contribution < -0.4 is 4.74 Å². The Hall–Kier alpha value is -3.13. The van der Waals surface area contributed by atoms with Crippen LogP contribution in [0.5, 0.6) is 5.75 Å². The first-order valence-corrected chi connectivity index (χ1v) is 12.6. The van der Waals surface area contributed by atoms with E-state index in [9.17, 15) is 4.79 Å². The lowest BCUT2D eigenvalue weighted by Crippen LogP contribution is -2.35. The van der Waals surface area contributed by atoms with E-state index in [1.54, 1.807) is 13.2 Å². The monoisotopic (exact) mass is 477 g/mol. The second-order valence-electron chi connectivity index (χ2n) is 8.54. The zero-order chi connectivity index (χ0) is 24.2.